The van der Waals surface area contributed by atoms with Crippen LogP contribution in [0.5, 0.6) is 0 Å². The van der Waals surface area contributed by atoms with E-state index in [0.717, 1.165) is 27.8 Å². The molecule has 0 saturated carbocycles. The Morgan fingerprint density at radius 3 is 2.45 bits per heavy atom. The van der Waals surface area contributed by atoms with Gasteiger partial charge in [0.05, 0.1) is 11.3 Å². The maximum atomic E-state index is 13.4. The molecule has 1 unspecified atom stereocenters. The molecule has 13 heteroatoms. The van der Waals surface area contributed by atoms with Gasteiger partial charge in [-0.1, -0.05) is 12.1 Å². The average molecular weight is 476 g/mol. The Labute approximate surface area is 183 Å². The first kappa shape index (κ1) is 24.3. The molecule has 1 N–H and O–H groups in total. The Bertz CT molecular complexity index is 1130. The molecule has 2 heterocycles. The molecule has 1 aromatic carbocycles. The van der Waals surface area contributed by atoms with Gasteiger partial charge in [-0.25, -0.2) is 4.68 Å². The molecule has 7 nitrogen and oxygen atoms in total. The molecule has 178 valence electrons. The first-order chi connectivity index (χ1) is 15.3. The zero-order chi connectivity index (χ0) is 24.6. The summed E-state index contributed by atoms with van der Waals surface area (Å²) in [7, 11) is 0. The lowest BCUT2D eigenvalue weighted by Gasteiger charge is -2.24. The lowest BCUT2D eigenvalue weighted by atomic mass is 10.1. The number of amides is 2. The smallest absolute Gasteiger partial charge is 0.345 e. The number of aromatic nitrogens is 2. The second-order valence-corrected chi connectivity index (χ2v) is 7.41. The van der Waals surface area contributed by atoms with Gasteiger partial charge in [-0.05, 0) is 31.9 Å². The van der Waals surface area contributed by atoms with Crippen molar-refractivity contribution < 1.29 is 35.9 Å². The fourth-order valence-corrected chi connectivity index (χ4v) is 3.56. The number of aryl methyl sites for hydroxylation is 1. The van der Waals surface area contributed by atoms with E-state index >= 15 is 0 Å². The molecule has 2 amide bonds. The van der Waals surface area contributed by atoms with Gasteiger partial charge in [0, 0.05) is 18.3 Å². The number of nitrogens with zero attached hydrogens (tertiary/aromatic N) is 3. The molecular formula is C20H18F6N4O3. The Morgan fingerprint density at radius 2 is 1.82 bits per heavy atom. The zero-order valence-electron chi connectivity index (χ0n) is 17.1. The number of carbonyl (C=O) groups excluding carboxylic acids is 2. The summed E-state index contributed by atoms with van der Waals surface area (Å²) in [6.07, 6.45) is -9.05. The van der Waals surface area contributed by atoms with Crippen LogP contribution in [0.1, 0.15) is 34.6 Å². The van der Waals surface area contributed by atoms with Gasteiger partial charge in [-0.15, -0.1) is 0 Å². The second kappa shape index (κ2) is 8.87. The highest BCUT2D eigenvalue weighted by Gasteiger charge is 2.38. The van der Waals surface area contributed by atoms with Crippen molar-refractivity contribution in [1.82, 2.24) is 20.0 Å². The number of rotatable bonds is 4. The summed E-state index contributed by atoms with van der Waals surface area (Å²) in [5, 5.41) is 5.54. The maximum Gasteiger partial charge on any atom is 0.418 e. The summed E-state index contributed by atoms with van der Waals surface area (Å²) < 4.78 is 78.4. The van der Waals surface area contributed by atoms with Gasteiger partial charge >= 0.3 is 12.4 Å². The molecule has 1 saturated heterocycles. The van der Waals surface area contributed by atoms with Crippen LogP contribution in [0.2, 0.25) is 0 Å². The average Bonchev–Trinajstić information content (AvgIpc) is 3.20. The van der Waals surface area contributed by atoms with Crippen molar-refractivity contribution in [1.29, 1.82) is 0 Å². The lowest BCUT2D eigenvalue weighted by molar-refractivity contribution is -0.140. The quantitative estimate of drug-likeness (QED) is 0.688. The van der Waals surface area contributed by atoms with Gasteiger partial charge in [-0.2, -0.15) is 31.4 Å². The SMILES string of the molecule is Cc1cc(=O)c(C(=O)N2CCCC2C(=O)NCC(F)(F)F)nn1-c1ccccc1C(F)(F)F. The molecule has 1 aromatic heterocycles. The highest BCUT2D eigenvalue weighted by Crippen LogP contribution is 2.33. The number of halogens is 6. The fourth-order valence-electron chi connectivity index (χ4n) is 3.56. The highest BCUT2D eigenvalue weighted by molar-refractivity contribution is 5.96. The Morgan fingerprint density at radius 1 is 1.15 bits per heavy atom. The summed E-state index contributed by atoms with van der Waals surface area (Å²) in [5.41, 5.74) is -3.08. The largest absolute Gasteiger partial charge is 0.418 e. The van der Waals surface area contributed by atoms with E-state index in [9.17, 15) is 40.7 Å². The van der Waals surface area contributed by atoms with Crippen molar-refractivity contribution in [2.24, 2.45) is 0 Å². The Hall–Kier alpha value is -3.38. The van der Waals surface area contributed by atoms with Crippen LogP contribution in [0.15, 0.2) is 35.1 Å². The third kappa shape index (κ3) is 5.34. The minimum absolute atomic E-state index is 0.0224. The van der Waals surface area contributed by atoms with Crippen LogP contribution in [0.25, 0.3) is 5.69 Å². The molecule has 1 atom stereocenters. The highest BCUT2D eigenvalue weighted by atomic mass is 19.4. The number of para-hydroxylation sites is 1. The van der Waals surface area contributed by atoms with E-state index in [4.69, 9.17) is 0 Å². The lowest BCUT2D eigenvalue weighted by Crippen LogP contribution is -2.49. The monoisotopic (exact) mass is 476 g/mol. The molecule has 0 radical (unpaired) electrons. The van der Waals surface area contributed by atoms with Crippen LogP contribution in [-0.2, 0) is 11.0 Å². The fraction of sp³-hybridized carbons (Fsp3) is 0.400. The molecule has 3 rings (SSSR count). The Balaban J connectivity index is 1.97. The van der Waals surface area contributed by atoms with Crippen molar-refractivity contribution in [3.63, 3.8) is 0 Å². The summed E-state index contributed by atoms with van der Waals surface area (Å²) in [4.78, 5) is 38.5. The van der Waals surface area contributed by atoms with Crippen molar-refractivity contribution in [3.05, 3.63) is 57.5 Å². The summed E-state index contributed by atoms with van der Waals surface area (Å²) in [5.74, 6) is -2.10. The van der Waals surface area contributed by atoms with E-state index < -0.39 is 59.1 Å². The summed E-state index contributed by atoms with van der Waals surface area (Å²) in [6.45, 7) is -0.287. The standard InChI is InChI=1S/C20H18F6N4O3/c1-11-9-15(31)16(28-30(11)13-6-3-2-5-12(13)20(24,25)26)18(33)29-8-4-7-14(29)17(32)27-10-19(21,22)23/h2-3,5-6,9,14H,4,7-8,10H2,1H3,(H,27,32). The van der Waals surface area contributed by atoms with Gasteiger partial charge in [0.1, 0.15) is 12.6 Å². The van der Waals surface area contributed by atoms with Gasteiger partial charge in [-0.3, -0.25) is 14.4 Å². The predicted molar refractivity (Wildman–Crippen MR) is 103 cm³/mol. The summed E-state index contributed by atoms with van der Waals surface area (Å²) in [6, 6.07) is 4.10. The van der Waals surface area contributed by atoms with Crippen LogP contribution in [0.4, 0.5) is 26.3 Å². The van der Waals surface area contributed by atoms with E-state index in [2.05, 4.69) is 5.10 Å². The number of alkyl halides is 6. The normalized spacial score (nSPS) is 16.7. The third-order valence-corrected chi connectivity index (χ3v) is 5.03. The van der Waals surface area contributed by atoms with Gasteiger partial charge in [0.2, 0.25) is 11.3 Å². The zero-order valence-corrected chi connectivity index (χ0v) is 17.1. The van der Waals surface area contributed by atoms with Gasteiger partial charge < -0.3 is 10.2 Å². The van der Waals surface area contributed by atoms with Crippen LogP contribution in [-0.4, -0.2) is 51.8 Å². The van der Waals surface area contributed by atoms with Gasteiger partial charge in [0.15, 0.2) is 5.69 Å². The third-order valence-electron chi connectivity index (χ3n) is 5.03. The molecule has 0 aliphatic carbocycles. The molecule has 1 fully saturated rings. The predicted octanol–water partition coefficient (Wildman–Crippen LogP) is 2.84. The number of carbonyl (C=O) groups is 2. The van der Waals surface area contributed by atoms with E-state index in [0.29, 0.717) is 0 Å². The molecule has 0 bridgehead atoms. The second-order valence-electron chi connectivity index (χ2n) is 7.41. The van der Waals surface area contributed by atoms with Crippen LogP contribution < -0.4 is 10.7 Å². The molecular weight excluding hydrogens is 458 g/mol. The first-order valence-corrected chi connectivity index (χ1v) is 9.72. The number of hydrogen-bond donors (Lipinski definition) is 1. The minimum atomic E-state index is -4.74. The van der Waals surface area contributed by atoms with Crippen LogP contribution in [0, 0.1) is 6.92 Å². The first-order valence-electron chi connectivity index (χ1n) is 9.72. The van der Waals surface area contributed by atoms with E-state index in [1.165, 1.54) is 19.1 Å². The molecule has 2 aromatic rings. The number of hydrogen-bond acceptors (Lipinski definition) is 4. The van der Waals surface area contributed by atoms with E-state index in [1.54, 1.807) is 5.32 Å². The number of nitrogens with one attached hydrogen (secondary N) is 1. The van der Waals surface area contributed by atoms with E-state index in [1.807, 2.05) is 0 Å². The van der Waals surface area contributed by atoms with E-state index in [-0.39, 0.29) is 25.1 Å². The van der Waals surface area contributed by atoms with Crippen molar-refractivity contribution in [2.75, 3.05) is 13.1 Å². The van der Waals surface area contributed by atoms with Crippen molar-refractivity contribution >= 4 is 11.8 Å². The Kier molecular flexibility index (Phi) is 6.52. The topological polar surface area (TPSA) is 84.3 Å². The van der Waals surface area contributed by atoms with Crippen molar-refractivity contribution in [3.8, 4) is 5.69 Å². The molecule has 1 aliphatic rings. The maximum absolute atomic E-state index is 13.4. The van der Waals surface area contributed by atoms with Crippen LogP contribution in [0.3, 0.4) is 0 Å². The number of likely N-dealkylation sites (tertiary alicyclic amines) is 1. The number of benzene rings is 1. The van der Waals surface area contributed by atoms with Crippen molar-refractivity contribution in [2.45, 2.75) is 38.2 Å². The molecule has 0 spiro atoms. The molecule has 33 heavy (non-hydrogen) atoms. The van der Waals surface area contributed by atoms with Crippen LogP contribution >= 0.6 is 0 Å². The summed E-state index contributed by atoms with van der Waals surface area (Å²) >= 11 is 0. The molecule has 1 aliphatic heterocycles. The minimum Gasteiger partial charge on any atom is -0.345 e. The van der Waals surface area contributed by atoms with Gasteiger partial charge in [0.25, 0.3) is 5.91 Å².